The molecule has 2 saturated carbocycles. The summed E-state index contributed by atoms with van der Waals surface area (Å²) in [6.45, 7) is 0. The summed E-state index contributed by atoms with van der Waals surface area (Å²) in [4.78, 5) is 0. The number of hydrogen-bond acceptors (Lipinski definition) is 2. The molecule has 0 atom stereocenters. The van der Waals surface area contributed by atoms with Crippen LogP contribution in [0.25, 0.3) is 0 Å². The molecule has 1 aromatic rings. The van der Waals surface area contributed by atoms with E-state index in [2.05, 4.69) is 18.2 Å². The van der Waals surface area contributed by atoms with Gasteiger partial charge in [0.05, 0.1) is 11.6 Å². The molecule has 3 rings (SSSR count). The lowest BCUT2D eigenvalue weighted by molar-refractivity contribution is 0.244. The summed E-state index contributed by atoms with van der Waals surface area (Å²) < 4.78 is 12.9. The van der Waals surface area contributed by atoms with Crippen LogP contribution in [0.5, 0.6) is 0 Å². The first kappa shape index (κ1) is 23.5. The molecule has 0 aliphatic heterocycles. The number of allylic oxidation sites excluding steroid dienone is 2. The first-order valence-corrected chi connectivity index (χ1v) is 12.4. The van der Waals surface area contributed by atoms with Crippen LogP contribution in [0.3, 0.4) is 0 Å². The summed E-state index contributed by atoms with van der Waals surface area (Å²) in [7, 11) is 0. The molecule has 0 unspecified atom stereocenters. The Balaban J connectivity index is 1.24. The number of benzene rings is 1. The number of unbranched alkanes of at least 4 members (excludes halogenated alkanes) is 1. The van der Waals surface area contributed by atoms with Crippen molar-refractivity contribution >= 4 is 0 Å². The molecule has 0 aromatic heterocycles. The van der Waals surface area contributed by atoms with Crippen LogP contribution in [0, 0.1) is 40.4 Å². The van der Waals surface area contributed by atoms with Crippen LogP contribution in [0.4, 0.5) is 4.39 Å². The van der Waals surface area contributed by atoms with Crippen LogP contribution in [-0.4, -0.2) is 0 Å². The maximum absolute atomic E-state index is 12.9. The van der Waals surface area contributed by atoms with E-state index in [1.807, 2.05) is 12.1 Å². The molecule has 31 heavy (non-hydrogen) atoms. The standard InChI is InChI=1S/C28H37FN2/c29-28(21-31)7-3-6-24-10-8-22(9-11-24)4-1-2-5-23-12-16-26(17-13-23)27-18-14-25(20-30)15-19-27/h7,14-15,18-19,22-24,26H,1-6,8-13,16-17H2/t22-,23-,24-,26-. The first-order valence-electron chi connectivity index (χ1n) is 12.4. The SMILES string of the molecule is N#CC(F)=CCC[C@H]1CC[C@H](CCCC[C@H]2CC[C@H](c3ccc(C#N)cc3)CC2)CC1. The molecule has 2 aliphatic rings. The zero-order valence-electron chi connectivity index (χ0n) is 18.9. The molecule has 2 nitrogen and oxygen atoms in total. The smallest absolute Gasteiger partial charge is 0.195 e. The minimum Gasteiger partial charge on any atom is -0.195 e. The van der Waals surface area contributed by atoms with E-state index >= 15 is 0 Å². The summed E-state index contributed by atoms with van der Waals surface area (Å²) in [5.41, 5.74) is 2.17. The Bertz CT molecular complexity index is 767. The molecule has 0 spiro atoms. The fourth-order valence-electron chi connectivity index (χ4n) is 5.78. The fourth-order valence-corrected chi connectivity index (χ4v) is 5.78. The van der Waals surface area contributed by atoms with Gasteiger partial charge >= 0.3 is 0 Å². The second kappa shape index (κ2) is 12.7. The Morgan fingerprint density at radius 1 is 0.806 bits per heavy atom. The summed E-state index contributed by atoms with van der Waals surface area (Å²) >= 11 is 0. The molecule has 1 aromatic carbocycles. The molecule has 0 amide bonds. The third kappa shape index (κ3) is 7.81. The highest BCUT2D eigenvalue weighted by Crippen LogP contribution is 2.38. The molecule has 2 fully saturated rings. The van der Waals surface area contributed by atoms with Crippen molar-refractivity contribution in [1.82, 2.24) is 0 Å². The molecular weight excluding hydrogens is 383 g/mol. The average Bonchev–Trinajstić information content (AvgIpc) is 2.83. The van der Waals surface area contributed by atoms with E-state index in [0.29, 0.717) is 12.3 Å². The topological polar surface area (TPSA) is 47.6 Å². The molecule has 3 heteroatoms. The molecule has 0 N–H and O–H groups in total. The van der Waals surface area contributed by atoms with Gasteiger partial charge in [-0.3, -0.25) is 0 Å². The third-order valence-electron chi connectivity index (χ3n) is 7.80. The van der Waals surface area contributed by atoms with Gasteiger partial charge in [0.1, 0.15) is 6.07 Å². The van der Waals surface area contributed by atoms with E-state index in [4.69, 9.17) is 10.5 Å². The van der Waals surface area contributed by atoms with Crippen molar-refractivity contribution in [3.8, 4) is 12.1 Å². The van der Waals surface area contributed by atoms with Gasteiger partial charge in [-0.15, -0.1) is 0 Å². The Hall–Kier alpha value is -2.13. The predicted octanol–water partition coefficient (Wildman–Crippen LogP) is 8.36. The van der Waals surface area contributed by atoms with Gasteiger partial charge in [0, 0.05) is 0 Å². The van der Waals surface area contributed by atoms with Crippen molar-refractivity contribution in [2.24, 2.45) is 17.8 Å². The highest BCUT2D eigenvalue weighted by Gasteiger charge is 2.23. The van der Waals surface area contributed by atoms with Crippen LogP contribution in [-0.2, 0) is 0 Å². The summed E-state index contributed by atoms with van der Waals surface area (Å²) in [5.74, 6) is 2.59. The van der Waals surface area contributed by atoms with Crippen molar-refractivity contribution < 1.29 is 4.39 Å². The van der Waals surface area contributed by atoms with Gasteiger partial charge in [0.15, 0.2) is 5.83 Å². The molecule has 2 aliphatic carbocycles. The second-order valence-corrected chi connectivity index (χ2v) is 9.86. The first-order chi connectivity index (χ1) is 15.2. The van der Waals surface area contributed by atoms with Crippen LogP contribution < -0.4 is 0 Å². The van der Waals surface area contributed by atoms with E-state index < -0.39 is 5.83 Å². The van der Waals surface area contributed by atoms with Crippen molar-refractivity contribution in [2.45, 2.75) is 95.8 Å². The lowest BCUT2D eigenvalue weighted by atomic mass is 9.76. The number of halogens is 1. The minimum atomic E-state index is -0.628. The third-order valence-corrected chi connectivity index (χ3v) is 7.80. The monoisotopic (exact) mass is 420 g/mol. The molecule has 0 heterocycles. The summed E-state index contributed by atoms with van der Waals surface area (Å²) in [6.07, 6.45) is 19.3. The van der Waals surface area contributed by atoms with Crippen molar-refractivity contribution in [1.29, 1.82) is 10.5 Å². The van der Waals surface area contributed by atoms with Crippen molar-refractivity contribution in [3.05, 3.63) is 47.3 Å². The van der Waals surface area contributed by atoms with Gasteiger partial charge in [-0.2, -0.15) is 14.9 Å². The Labute approximate surface area is 188 Å². The number of hydrogen-bond donors (Lipinski definition) is 0. The Morgan fingerprint density at radius 3 is 1.84 bits per heavy atom. The summed E-state index contributed by atoms with van der Waals surface area (Å²) in [5, 5.41) is 17.4. The maximum Gasteiger partial charge on any atom is 0.196 e. The van der Waals surface area contributed by atoms with Gasteiger partial charge in [-0.1, -0.05) is 63.5 Å². The van der Waals surface area contributed by atoms with Crippen LogP contribution in [0.15, 0.2) is 36.2 Å². The van der Waals surface area contributed by atoms with Crippen molar-refractivity contribution in [2.75, 3.05) is 0 Å². The lowest BCUT2D eigenvalue weighted by Gasteiger charge is -2.30. The zero-order valence-corrected chi connectivity index (χ0v) is 18.9. The van der Waals surface area contributed by atoms with E-state index in [1.54, 1.807) is 6.07 Å². The molecule has 166 valence electrons. The quantitative estimate of drug-likeness (QED) is 0.297. The molecule has 0 saturated heterocycles. The highest BCUT2D eigenvalue weighted by molar-refractivity contribution is 5.33. The van der Waals surface area contributed by atoms with Gasteiger partial charge < -0.3 is 0 Å². The van der Waals surface area contributed by atoms with Crippen LogP contribution in [0.2, 0.25) is 0 Å². The van der Waals surface area contributed by atoms with Crippen LogP contribution >= 0.6 is 0 Å². The van der Waals surface area contributed by atoms with Gasteiger partial charge in [-0.05, 0) is 86.0 Å². The fraction of sp³-hybridized carbons (Fsp3) is 0.643. The van der Waals surface area contributed by atoms with E-state index in [1.165, 1.54) is 88.7 Å². The van der Waals surface area contributed by atoms with Gasteiger partial charge in [0.25, 0.3) is 0 Å². The Kier molecular flexibility index (Phi) is 9.61. The van der Waals surface area contributed by atoms with Gasteiger partial charge in [0.2, 0.25) is 0 Å². The van der Waals surface area contributed by atoms with E-state index in [0.717, 1.165) is 29.7 Å². The average molecular weight is 421 g/mol. The lowest BCUT2D eigenvalue weighted by Crippen LogP contribution is -2.15. The Morgan fingerprint density at radius 2 is 1.32 bits per heavy atom. The van der Waals surface area contributed by atoms with E-state index in [9.17, 15) is 4.39 Å². The minimum absolute atomic E-state index is 0.628. The highest BCUT2D eigenvalue weighted by atomic mass is 19.1. The van der Waals surface area contributed by atoms with Crippen LogP contribution in [0.1, 0.15) is 107 Å². The molecular formula is C28H37FN2. The number of rotatable bonds is 9. The zero-order chi connectivity index (χ0) is 21.9. The maximum atomic E-state index is 12.9. The number of nitriles is 2. The summed E-state index contributed by atoms with van der Waals surface area (Å²) in [6, 6.07) is 12.0. The molecule has 0 bridgehead atoms. The van der Waals surface area contributed by atoms with Gasteiger partial charge in [-0.25, -0.2) is 0 Å². The molecule has 0 radical (unpaired) electrons. The van der Waals surface area contributed by atoms with E-state index in [-0.39, 0.29) is 0 Å². The predicted molar refractivity (Wildman–Crippen MR) is 124 cm³/mol. The second-order valence-electron chi connectivity index (χ2n) is 9.86. The van der Waals surface area contributed by atoms with Crippen molar-refractivity contribution in [3.63, 3.8) is 0 Å². The number of nitrogens with zero attached hydrogens (tertiary/aromatic N) is 2. The normalized spacial score (nSPS) is 26.7. The largest absolute Gasteiger partial charge is 0.196 e.